The van der Waals surface area contributed by atoms with Crippen LogP contribution in [0.3, 0.4) is 0 Å². The summed E-state index contributed by atoms with van der Waals surface area (Å²) in [4.78, 5) is 28.3. The van der Waals surface area contributed by atoms with Gasteiger partial charge in [0.15, 0.2) is 0 Å². The third-order valence-corrected chi connectivity index (χ3v) is 5.59. The van der Waals surface area contributed by atoms with Gasteiger partial charge in [-0.15, -0.1) is 0 Å². The van der Waals surface area contributed by atoms with Crippen LogP contribution in [0.4, 0.5) is 4.39 Å². The van der Waals surface area contributed by atoms with E-state index in [1.807, 2.05) is 15.9 Å². The Morgan fingerprint density at radius 2 is 1.85 bits per heavy atom. The standard InChI is InChI=1S/C20H28FN3O2/c21-17-6-4-5-16(13-17)18-7-2-1-3-10-24(18)20(26)15-8-11-23(12-9-15)14-19(22)25/h4-6,13,15,18H,1-3,7-12,14H2,(H2,22,25). The van der Waals surface area contributed by atoms with Crippen molar-refractivity contribution in [2.75, 3.05) is 26.2 Å². The fourth-order valence-electron chi connectivity index (χ4n) is 4.23. The average molecular weight is 361 g/mol. The summed E-state index contributed by atoms with van der Waals surface area (Å²) in [6.07, 6.45) is 5.54. The number of benzene rings is 1. The zero-order chi connectivity index (χ0) is 18.5. The summed E-state index contributed by atoms with van der Waals surface area (Å²) in [5, 5.41) is 0. The number of piperidine rings is 1. The van der Waals surface area contributed by atoms with Crippen molar-refractivity contribution in [2.24, 2.45) is 11.7 Å². The van der Waals surface area contributed by atoms with Gasteiger partial charge in [-0.3, -0.25) is 14.5 Å². The zero-order valence-corrected chi connectivity index (χ0v) is 15.2. The van der Waals surface area contributed by atoms with Gasteiger partial charge in [0.1, 0.15) is 5.82 Å². The Bertz CT molecular complexity index is 644. The predicted molar refractivity (Wildman–Crippen MR) is 97.7 cm³/mol. The maximum atomic E-state index is 13.7. The van der Waals surface area contributed by atoms with Crippen LogP contribution >= 0.6 is 0 Å². The topological polar surface area (TPSA) is 66.6 Å². The highest BCUT2D eigenvalue weighted by molar-refractivity contribution is 5.80. The Hall–Kier alpha value is -1.95. The minimum absolute atomic E-state index is 0.0201. The summed E-state index contributed by atoms with van der Waals surface area (Å²) in [7, 11) is 0. The first-order chi connectivity index (χ1) is 12.5. The summed E-state index contributed by atoms with van der Waals surface area (Å²) >= 11 is 0. The lowest BCUT2D eigenvalue weighted by Crippen LogP contribution is -2.45. The first-order valence-corrected chi connectivity index (χ1v) is 9.61. The number of likely N-dealkylation sites (tertiary alicyclic amines) is 2. The quantitative estimate of drug-likeness (QED) is 0.896. The van der Waals surface area contributed by atoms with Gasteiger partial charge in [-0.05, 0) is 56.5 Å². The molecule has 3 rings (SSSR count). The minimum atomic E-state index is -0.325. The molecule has 0 aliphatic carbocycles. The van der Waals surface area contributed by atoms with Crippen LogP contribution in [0.1, 0.15) is 50.1 Å². The van der Waals surface area contributed by atoms with Crippen LogP contribution in [-0.4, -0.2) is 47.8 Å². The summed E-state index contributed by atoms with van der Waals surface area (Å²) in [6, 6.07) is 6.62. The Balaban J connectivity index is 1.70. The van der Waals surface area contributed by atoms with E-state index in [-0.39, 0.29) is 36.1 Å². The molecule has 0 radical (unpaired) electrons. The number of nitrogens with two attached hydrogens (primary N) is 1. The lowest BCUT2D eigenvalue weighted by molar-refractivity contribution is -0.139. The minimum Gasteiger partial charge on any atom is -0.369 e. The van der Waals surface area contributed by atoms with Crippen molar-refractivity contribution in [2.45, 2.75) is 44.6 Å². The van der Waals surface area contributed by atoms with Gasteiger partial charge >= 0.3 is 0 Å². The van der Waals surface area contributed by atoms with Crippen LogP contribution in [0.5, 0.6) is 0 Å². The van der Waals surface area contributed by atoms with Gasteiger partial charge in [-0.1, -0.05) is 25.0 Å². The molecule has 2 aliphatic heterocycles. The largest absolute Gasteiger partial charge is 0.369 e. The van der Waals surface area contributed by atoms with Gasteiger partial charge in [-0.25, -0.2) is 4.39 Å². The maximum absolute atomic E-state index is 13.7. The molecule has 1 atom stereocenters. The SMILES string of the molecule is NC(=O)CN1CCC(C(=O)N2CCCCCC2c2cccc(F)c2)CC1. The van der Waals surface area contributed by atoms with E-state index >= 15 is 0 Å². The molecule has 6 heteroatoms. The fourth-order valence-corrected chi connectivity index (χ4v) is 4.23. The van der Waals surface area contributed by atoms with Gasteiger partial charge in [-0.2, -0.15) is 0 Å². The smallest absolute Gasteiger partial charge is 0.231 e. The summed E-state index contributed by atoms with van der Waals surface area (Å²) < 4.78 is 13.7. The molecule has 0 bridgehead atoms. The lowest BCUT2D eigenvalue weighted by atomic mass is 9.93. The molecule has 1 unspecified atom stereocenters. The average Bonchev–Trinajstić information content (AvgIpc) is 2.87. The Labute approximate surface area is 154 Å². The highest BCUT2D eigenvalue weighted by Crippen LogP contribution is 2.33. The number of nitrogens with zero attached hydrogens (tertiary/aromatic N) is 2. The van der Waals surface area contributed by atoms with Crippen molar-refractivity contribution in [1.82, 2.24) is 9.80 Å². The van der Waals surface area contributed by atoms with Crippen molar-refractivity contribution >= 4 is 11.8 Å². The first-order valence-electron chi connectivity index (χ1n) is 9.61. The highest BCUT2D eigenvalue weighted by Gasteiger charge is 2.33. The molecular formula is C20H28FN3O2. The lowest BCUT2D eigenvalue weighted by Gasteiger charge is -2.37. The number of rotatable bonds is 4. The van der Waals surface area contributed by atoms with Crippen molar-refractivity contribution in [3.8, 4) is 0 Å². The first kappa shape index (κ1) is 18.8. The second-order valence-electron chi connectivity index (χ2n) is 7.47. The Morgan fingerprint density at radius 1 is 1.08 bits per heavy atom. The van der Waals surface area contributed by atoms with E-state index in [4.69, 9.17) is 5.73 Å². The second kappa shape index (κ2) is 8.62. The molecule has 2 amide bonds. The summed E-state index contributed by atoms with van der Waals surface area (Å²) in [5.74, 6) is -0.416. The number of hydrogen-bond acceptors (Lipinski definition) is 3. The van der Waals surface area contributed by atoms with E-state index in [0.29, 0.717) is 0 Å². The number of carbonyl (C=O) groups excluding carboxylic acids is 2. The molecule has 2 N–H and O–H groups in total. The fraction of sp³-hybridized carbons (Fsp3) is 0.600. The summed E-state index contributed by atoms with van der Waals surface area (Å²) in [6.45, 7) is 2.44. The number of primary amides is 1. The van der Waals surface area contributed by atoms with E-state index in [1.165, 1.54) is 6.07 Å². The molecule has 0 spiro atoms. The summed E-state index contributed by atoms with van der Waals surface area (Å²) in [5.41, 5.74) is 6.16. The molecule has 0 aromatic heterocycles. The van der Waals surface area contributed by atoms with Gasteiger partial charge < -0.3 is 10.6 Å². The number of carbonyl (C=O) groups is 2. The third kappa shape index (κ3) is 4.61. The van der Waals surface area contributed by atoms with Crippen LogP contribution in [0, 0.1) is 11.7 Å². The van der Waals surface area contributed by atoms with Crippen molar-refractivity contribution in [1.29, 1.82) is 0 Å². The number of hydrogen-bond donors (Lipinski definition) is 1. The second-order valence-corrected chi connectivity index (χ2v) is 7.47. The molecule has 2 aliphatic rings. The molecule has 2 saturated heterocycles. The monoisotopic (exact) mass is 361 g/mol. The van der Waals surface area contributed by atoms with Crippen molar-refractivity contribution in [3.05, 3.63) is 35.6 Å². The van der Waals surface area contributed by atoms with Gasteiger partial charge in [0.05, 0.1) is 12.6 Å². The van der Waals surface area contributed by atoms with Crippen LogP contribution < -0.4 is 5.73 Å². The molecule has 26 heavy (non-hydrogen) atoms. The maximum Gasteiger partial charge on any atom is 0.231 e. The van der Waals surface area contributed by atoms with Crippen LogP contribution in [0.25, 0.3) is 0 Å². The predicted octanol–water partition coefficient (Wildman–Crippen LogP) is 2.47. The zero-order valence-electron chi connectivity index (χ0n) is 15.2. The molecular weight excluding hydrogens is 333 g/mol. The number of amides is 2. The Kier molecular flexibility index (Phi) is 6.25. The number of halogens is 1. The van der Waals surface area contributed by atoms with E-state index < -0.39 is 0 Å². The van der Waals surface area contributed by atoms with Gasteiger partial charge in [0, 0.05) is 12.5 Å². The van der Waals surface area contributed by atoms with E-state index in [1.54, 1.807) is 12.1 Å². The molecule has 2 heterocycles. The highest BCUT2D eigenvalue weighted by atomic mass is 19.1. The molecule has 0 saturated carbocycles. The molecule has 5 nitrogen and oxygen atoms in total. The normalized spacial score (nSPS) is 22.8. The van der Waals surface area contributed by atoms with Gasteiger partial charge in [0.25, 0.3) is 0 Å². The van der Waals surface area contributed by atoms with Crippen molar-refractivity contribution < 1.29 is 14.0 Å². The third-order valence-electron chi connectivity index (χ3n) is 5.59. The molecule has 2 fully saturated rings. The van der Waals surface area contributed by atoms with E-state index in [0.717, 1.165) is 63.7 Å². The molecule has 1 aromatic rings. The van der Waals surface area contributed by atoms with Crippen molar-refractivity contribution in [3.63, 3.8) is 0 Å². The molecule has 142 valence electrons. The van der Waals surface area contributed by atoms with Crippen LogP contribution in [0.15, 0.2) is 24.3 Å². The van der Waals surface area contributed by atoms with E-state index in [9.17, 15) is 14.0 Å². The van der Waals surface area contributed by atoms with Gasteiger partial charge in [0.2, 0.25) is 11.8 Å². The Morgan fingerprint density at radius 3 is 2.54 bits per heavy atom. The van der Waals surface area contributed by atoms with Crippen LogP contribution in [-0.2, 0) is 9.59 Å². The van der Waals surface area contributed by atoms with E-state index in [2.05, 4.69) is 0 Å². The van der Waals surface area contributed by atoms with Crippen LogP contribution in [0.2, 0.25) is 0 Å². The molecule has 1 aromatic carbocycles.